The summed E-state index contributed by atoms with van der Waals surface area (Å²) in [7, 11) is 0. The molecule has 1 aliphatic rings. The van der Waals surface area contributed by atoms with Crippen LogP contribution in [0.4, 0.5) is 0 Å². The average Bonchev–Trinajstić information content (AvgIpc) is 2.07. The molecule has 1 fully saturated rings. The van der Waals surface area contributed by atoms with Crippen molar-refractivity contribution in [3.8, 4) is 0 Å². The Hall–Kier alpha value is -0.610. The third-order valence-corrected chi connectivity index (χ3v) is 1.59. The van der Waals surface area contributed by atoms with Gasteiger partial charge < -0.3 is 15.4 Å². The molecule has 1 saturated heterocycles. The van der Waals surface area contributed by atoms with Gasteiger partial charge in [-0.2, -0.15) is 0 Å². The number of hydrogen-bond acceptors (Lipinski definition) is 3. The van der Waals surface area contributed by atoms with Crippen LogP contribution in [0.25, 0.3) is 0 Å². The molecule has 1 rings (SSSR count). The minimum Gasteiger partial charge on any atom is -0.378 e. The van der Waals surface area contributed by atoms with Crippen LogP contribution in [0.5, 0.6) is 0 Å². The molecule has 0 aromatic heterocycles. The topological polar surface area (TPSA) is 50.4 Å². The summed E-state index contributed by atoms with van der Waals surface area (Å²) in [5, 5.41) is 5.80. The Morgan fingerprint density at radius 3 is 3.18 bits per heavy atom. The third kappa shape index (κ3) is 2.48. The normalized spacial score (nSPS) is 24.6. The molecule has 11 heavy (non-hydrogen) atoms. The van der Waals surface area contributed by atoms with Crippen LogP contribution >= 0.6 is 0 Å². The molecule has 0 aromatic carbocycles. The summed E-state index contributed by atoms with van der Waals surface area (Å²) in [6, 6.07) is -0.149. The number of likely N-dealkylation sites (N-methyl/N-ethyl adjacent to an activating group) is 1. The number of amides is 1. The molecule has 64 valence electrons. The van der Waals surface area contributed by atoms with Gasteiger partial charge in [-0.3, -0.25) is 4.79 Å². The predicted octanol–water partition coefficient (Wildman–Crippen LogP) is -0.889. The first-order chi connectivity index (χ1) is 5.34. The maximum Gasteiger partial charge on any atom is 0.239 e. The van der Waals surface area contributed by atoms with Gasteiger partial charge in [0.2, 0.25) is 5.91 Å². The lowest BCUT2D eigenvalue weighted by atomic mass is 10.2. The summed E-state index contributed by atoms with van der Waals surface area (Å²) in [6.07, 6.45) is 0. The van der Waals surface area contributed by atoms with Crippen molar-refractivity contribution in [2.75, 3.05) is 26.3 Å². The second-order valence-corrected chi connectivity index (χ2v) is 2.48. The van der Waals surface area contributed by atoms with Crippen molar-refractivity contribution in [2.45, 2.75) is 13.0 Å². The highest BCUT2D eigenvalue weighted by atomic mass is 16.5. The summed E-state index contributed by atoms with van der Waals surface area (Å²) in [5.41, 5.74) is 0. The molecule has 1 aliphatic heterocycles. The molecule has 0 spiro atoms. The van der Waals surface area contributed by atoms with Crippen molar-refractivity contribution in [1.82, 2.24) is 10.6 Å². The van der Waals surface area contributed by atoms with Crippen LogP contribution in [0.2, 0.25) is 0 Å². The Morgan fingerprint density at radius 2 is 2.64 bits per heavy atom. The van der Waals surface area contributed by atoms with Gasteiger partial charge in [-0.15, -0.1) is 0 Å². The Balaban J connectivity index is 2.27. The minimum atomic E-state index is -0.149. The zero-order chi connectivity index (χ0) is 8.10. The Bertz CT molecular complexity index is 132. The molecule has 4 nitrogen and oxygen atoms in total. The van der Waals surface area contributed by atoms with E-state index in [-0.39, 0.29) is 11.9 Å². The summed E-state index contributed by atoms with van der Waals surface area (Å²) < 4.78 is 5.13. The van der Waals surface area contributed by atoms with Gasteiger partial charge in [-0.25, -0.2) is 0 Å². The lowest BCUT2D eigenvalue weighted by Crippen LogP contribution is -2.51. The fourth-order valence-corrected chi connectivity index (χ4v) is 1.03. The Kier molecular flexibility index (Phi) is 3.32. The first kappa shape index (κ1) is 8.49. The first-order valence-corrected chi connectivity index (χ1v) is 3.93. The van der Waals surface area contributed by atoms with Crippen LogP contribution in [0.3, 0.4) is 0 Å². The number of ether oxygens (including phenoxy) is 1. The van der Waals surface area contributed by atoms with Crippen molar-refractivity contribution in [1.29, 1.82) is 0 Å². The molecule has 0 aliphatic carbocycles. The maximum atomic E-state index is 11.1. The quantitative estimate of drug-likeness (QED) is 0.548. The molecule has 0 unspecified atom stereocenters. The van der Waals surface area contributed by atoms with Gasteiger partial charge in [0.25, 0.3) is 0 Å². The van der Waals surface area contributed by atoms with Crippen molar-refractivity contribution in [2.24, 2.45) is 0 Å². The van der Waals surface area contributed by atoms with Crippen LogP contribution in [-0.4, -0.2) is 38.3 Å². The second-order valence-electron chi connectivity index (χ2n) is 2.48. The molecule has 0 radical (unpaired) electrons. The van der Waals surface area contributed by atoms with E-state index in [4.69, 9.17) is 4.74 Å². The van der Waals surface area contributed by atoms with E-state index in [9.17, 15) is 4.79 Å². The molecule has 0 saturated carbocycles. The fourth-order valence-electron chi connectivity index (χ4n) is 1.03. The Labute approximate surface area is 66.3 Å². The fraction of sp³-hybridized carbons (Fsp3) is 0.857. The highest BCUT2D eigenvalue weighted by Crippen LogP contribution is 1.91. The third-order valence-electron chi connectivity index (χ3n) is 1.59. The summed E-state index contributed by atoms with van der Waals surface area (Å²) in [6.45, 7) is 4.54. The van der Waals surface area contributed by atoms with E-state index in [0.717, 1.165) is 6.54 Å². The molecular weight excluding hydrogens is 144 g/mol. The van der Waals surface area contributed by atoms with Gasteiger partial charge in [-0.05, 0) is 6.92 Å². The summed E-state index contributed by atoms with van der Waals surface area (Å²) in [5.74, 6) is 0.0344. The second kappa shape index (κ2) is 4.31. The van der Waals surface area contributed by atoms with Crippen LogP contribution < -0.4 is 10.6 Å². The van der Waals surface area contributed by atoms with E-state index < -0.39 is 0 Å². The lowest BCUT2D eigenvalue weighted by molar-refractivity contribution is -0.125. The van der Waals surface area contributed by atoms with Gasteiger partial charge in [0.15, 0.2) is 0 Å². The summed E-state index contributed by atoms with van der Waals surface area (Å²) >= 11 is 0. The van der Waals surface area contributed by atoms with Gasteiger partial charge in [0.05, 0.1) is 13.2 Å². The number of carbonyl (C=O) groups is 1. The number of hydrogen-bond donors (Lipinski definition) is 2. The molecule has 4 heteroatoms. The van der Waals surface area contributed by atoms with Crippen molar-refractivity contribution >= 4 is 5.91 Å². The SMILES string of the molecule is CCNC(=O)[C@H]1COCCN1. The van der Waals surface area contributed by atoms with E-state index in [1.807, 2.05) is 6.92 Å². The molecule has 0 bridgehead atoms. The average molecular weight is 158 g/mol. The van der Waals surface area contributed by atoms with Crippen LogP contribution in [0.15, 0.2) is 0 Å². The van der Waals surface area contributed by atoms with Gasteiger partial charge >= 0.3 is 0 Å². The standard InChI is InChI=1S/C7H14N2O2/c1-2-8-7(10)6-5-11-4-3-9-6/h6,9H,2-5H2,1H3,(H,8,10)/t6-/m1/s1. The molecule has 1 heterocycles. The van der Waals surface area contributed by atoms with Crippen LogP contribution in [0.1, 0.15) is 6.92 Å². The number of carbonyl (C=O) groups excluding carboxylic acids is 1. The van der Waals surface area contributed by atoms with Crippen LogP contribution in [0, 0.1) is 0 Å². The number of nitrogens with one attached hydrogen (secondary N) is 2. The maximum absolute atomic E-state index is 11.1. The molecule has 1 atom stereocenters. The van der Waals surface area contributed by atoms with Gasteiger partial charge in [0.1, 0.15) is 6.04 Å². The molecular formula is C7H14N2O2. The highest BCUT2D eigenvalue weighted by Gasteiger charge is 2.19. The van der Waals surface area contributed by atoms with Gasteiger partial charge in [0, 0.05) is 13.1 Å². The lowest BCUT2D eigenvalue weighted by Gasteiger charge is -2.22. The smallest absolute Gasteiger partial charge is 0.239 e. The minimum absolute atomic E-state index is 0.0344. The highest BCUT2D eigenvalue weighted by molar-refractivity contribution is 5.81. The Morgan fingerprint density at radius 1 is 1.82 bits per heavy atom. The zero-order valence-electron chi connectivity index (χ0n) is 6.72. The molecule has 0 aromatic rings. The van der Waals surface area contributed by atoms with E-state index in [0.29, 0.717) is 19.8 Å². The van der Waals surface area contributed by atoms with Crippen molar-refractivity contribution < 1.29 is 9.53 Å². The summed E-state index contributed by atoms with van der Waals surface area (Å²) in [4.78, 5) is 11.1. The number of morpholine rings is 1. The van der Waals surface area contributed by atoms with E-state index >= 15 is 0 Å². The largest absolute Gasteiger partial charge is 0.378 e. The van der Waals surface area contributed by atoms with Crippen molar-refractivity contribution in [3.05, 3.63) is 0 Å². The van der Waals surface area contributed by atoms with Crippen LogP contribution in [-0.2, 0) is 9.53 Å². The van der Waals surface area contributed by atoms with E-state index in [1.54, 1.807) is 0 Å². The monoisotopic (exact) mass is 158 g/mol. The molecule has 1 amide bonds. The number of rotatable bonds is 2. The van der Waals surface area contributed by atoms with Gasteiger partial charge in [-0.1, -0.05) is 0 Å². The van der Waals surface area contributed by atoms with Crippen molar-refractivity contribution in [3.63, 3.8) is 0 Å². The first-order valence-electron chi connectivity index (χ1n) is 3.93. The molecule has 2 N–H and O–H groups in total. The predicted molar refractivity (Wildman–Crippen MR) is 41.3 cm³/mol. The van der Waals surface area contributed by atoms with E-state index in [2.05, 4.69) is 10.6 Å². The zero-order valence-corrected chi connectivity index (χ0v) is 6.72. The van der Waals surface area contributed by atoms with E-state index in [1.165, 1.54) is 0 Å².